The van der Waals surface area contributed by atoms with Crippen molar-refractivity contribution in [2.45, 2.75) is 18.9 Å². The topological polar surface area (TPSA) is 60.5 Å². The number of fused-ring (bicyclic) bond motifs is 2. The van der Waals surface area contributed by atoms with Crippen LogP contribution in [0, 0.1) is 11.8 Å². The highest BCUT2D eigenvalue weighted by Gasteiger charge is 2.37. The quantitative estimate of drug-likeness (QED) is 0.712. The molecule has 4 rings (SSSR count). The Morgan fingerprint density at radius 1 is 1.15 bits per heavy atom. The van der Waals surface area contributed by atoms with Gasteiger partial charge in [-0.3, -0.25) is 9.78 Å². The summed E-state index contributed by atoms with van der Waals surface area (Å²) in [5.41, 5.74) is 0.753. The number of methoxy groups -OCH3 is 1. The van der Waals surface area contributed by atoms with Gasteiger partial charge in [-0.25, -0.2) is 0 Å². The van der Waals surface area contributed by atoms with E-state index in [1.165, 1.54) is 12.4 Å². The Kier molecular flexibility index (Phi) is 4.98. The van der Waals surface area contributed by atoms with Crippen molar-refractivity contribution in [1.82, 2.24) is 4.98 Å². The highest BCUT2D eigenvalue weighted by molar-refractivity contribution is 6.39. The molecule has 140 valence electrons. The van der Waals surface area contributed by atoms with E-state index < -0.39 is 0 Å². The second-order valence-corrected chi connectivity index (χ2v) is 7.55. The van der Waals surface area contributed by atoms with Crippen LogP contribution >= 0.6 is 23.2 Å². The average Bonchev–Trinajstić information content (AvgIpc) is 3.28. The van der Waals surface area contributed by atoms with Crippen LogP contribution in [0.15, 0.2) is 42.7 Å². The molecule has 2 aromatic rings. The normalized spacial score (nSPS) is 22.7. The molecular weight excluding hydrogens is 387 g/mol. The summed E-state index contributed by atoms with van der Waals surface area (Å²) in [6.07, 6.45) is 9.55. The van der Waals surface area contributed by atoms with Crippen LogP contribution < -0.4 is 14.8 Å². The number of nitrogens with one attached hydrogen (secondary N) is 1. The Balaban J connectivity index is 1.56. The summed E-state index contributed by atoms with van der Waals surface area (Å²) >= 11 is 12.2. The Labute approximate surface area is 167 Å². The lowest BCUT2D eigenvalue weighted by molar-refractivity contribution is 0.102. The monoisotopic (exact) mass is 404 g/mol. The number of hydrogen-bond donors (Lipinski definition) is 1. The molecule has 5 nitrogen and oxygen atoms in total. The number of ether oxygens (including phenoxy) is 2. The summed E-state index contributed by atoms with van der Waals surface area (Å²) in [5, 5.41) is 3.28. The minimum absolute atomic E-state index is 0.108. The zero-order chi connectivity index (χ0) is 19.0. The largest absolute Gasteiger partial charge is 0.493 e. The Morgan fingerprint density at radius 3 is 2.56 bits per heavy atom. The second kappa shape index (κ2) is 7.41. The molecule has 3 atom stereocenters. The highest BCUT2D eigenvalue weighted by atomic mass is 35.5. The van der Waals surface area contributed by atoms with Gasteiger partial charge in [0, 0.05) is 23.9 Å². The molecule has 1 aromatic carbocycles. The number of anilines is 1. The van der Waals surface area contributed by atoms with Crippen LogP contribution in [0.25, 0.3) is 0 Å². The number of allylic oxidation sites excluding steroid dienone is 1. The predicted octanol–water partition coefficient (Wildman–Crippen LogP) is 4.99. The fraction of sp³-hybridized carbons (Fsp3) is 0.300. The predicted molar refractivity (Wildman–Crippen MR) is 105 cm³/mol. The van der Waals surface area contributed by atoms with E-state index in [-0.39, 0.29) is 22.1 Å². The van der Waals surface area contributed by atoms with Crippen LogP contribution in [0.1, 0.15) is 23.2 Å². The first-order valence-electron chi connectivity index (χ1n) is 8.68. The van der Waals surface area contributed by atoms with Gasteiger partial charge in [0.25, 0.3) is 5.91 Å². The van der Waals surface area contributed by atoms with Gasteiger partial charge in [-0.2, -0.15) is 0 Å². The minimum Gasteiger partial charge on any atom is -0.493 e. The highest BCUT2D eigenvalue weighted by Crippen LogP contribution is 2.42. The second-order valence-electron chi connectivity index (χ2n) is 6.73. The first-order chi connectivity index (χ1) is 13.0. The van der Waals surface area contributed by atoms with Crippen molar-refractivity contribution in [2.24, 2.45) is 11.8 Å². The fourth-order valence-corrected chi connectivity index (χ4v) is 4.11. The van der Waals surface area contributed by atoms with E-state index in [1.54, 1.807) is 25.3 Å². The zero-order valence-electron chi connectivity index (χ0n) is 14.6. The summed E-state index contributed by atoms with van der Waals surface area (Å²) in [5.74, 6) is 1.83. The van der Waals surface area contributed by atoms with Crippen LogP contribution in [0.5, 0.6) is 11.5 Å². The molecule has 2 aliphatic rings. The van der Waals surface area contributed by atoms with Crippen molar-refractivity contribution < 1.29 is 14.3 Å². The van der Waals surface area contributed by atoms with E-state index in [1.807, 2.05) is 0 Å². The number of rotatable bonds is 5. The van der Waals surface area contributed by atoms with Gasteiger partial charge in [-0.1, -0.05) is 35.4 Å². The number of carbonyl (C=O) groups excluding carboxylic acids is 1. The third kappa shape index (κ3) is 3.62. The number of halogens is 2. The molecule has 0 aliphatic heterocycles. The van der Waals surface area contributed by atoms with Gasteiger partial charge < -0.3 is 14.8 Å². The molecule has 1 amide bonds. The fourth-order valence-electron chi connectivity index (χ4n) is 3.66. The van der Waals surface area contributed by atoms with Crippen molar-refractivity contribution in [1.29, 1.82) is 0 Å². The molecule has 0 spiro atoms. The van der Waals surface area contributed by atoms with Crippen molar-refractivity contribution in [3.63, 3.8) is 0 Å². The number of benzene rings is 1. The van der Waals surface area contributed by atoms with Crippen LogP contribution in [0.2, 0.25) is 10.0 Å². The summed E-state index contributed by atoms with van der Waals surface area (Å²) in [6, 6.07) is 5.08. The number of pyridine rings is 1. The van der Waals surface area contributed by atoms with Gasteiger partial charge in [-0.05, 0) is 37.0 Å². The molecule has 7 heteroatoms. The van der Waals surface area contributed by atoms with E-state index in [0.29, 0.717) is 34.6 Å². The lowest BCUT2D eigenvalue weighted by atomic mass is 10.0. The molecule has 2 aliphatic carbocycles. The van der Waals surface area contributed by atoms with E-state index in [4.69, 9.17) is 32.7 Å². The Bertz CT molecular complexity index is 896. The third-order valence-corrected chi connectivity index (χ3v) is 5.59. The van der Waals surface area contributed by atoms with E-state index in [2.05, 4.69) is 22.5 Å². The van der Waals surface area contributed by atoms with Gasteiger partial charge in [0.15, 0.2) is 11.5 Å². The number of carbonyl (C=O) groups is 1. The molecule has 1 aromatic heterocycles. The van der Waals surface area contributed by atoms with E-state index in [9.17, 15) is 4.79 Å². The number of aromatic nitrogens is 1. The van der Waals surface area contributed by atoms with Crippen LogP contribution in [0.4, 0.5) is 5.69 Å². The van der Waals surface area contributed by atoms with Crippen molar-refractivity contribution in [2.75, 3.05) is 12.4 Å². The molecule has 1 N–H and O–H groups in total. The summed E-state index contributed by atoms with van der Waals surface area (Å²) in [7, 11) is 1.58. The summed E-state index contributed by atoms with van der Waals surface area (Å²) < 4.78 is 11.6. The van der Waals surface area contributed by atoms with Crippen molar-refractivity contribution in [3.8, 4) is 11.5 Å². The average molecular weight is 405 g/mol. The maximum Gasteiger partial charge on any atom is 0.255 e. The molecule has 3 unspecified atom stereocenters. The molecule has 0 saturated heterocycles. The van der Waals surface area contributed by atoms with Gasteiger partial charge in [0.2, 0.25) is 0 Å². The first-order valence-corrected chi connectivity index (χ1v) is 9.44. The number of amides is 1. The molecule has 1 fully saturated rings. The summed E-state index contributed by atoms with van der Waals surface area (Å²) in [6.45, 7) is 0. The minimum atomic E-state index is -0.342. The zero-order valence-corrected chi connectivity index (χ0v) is 16.1. The standard InChI is InChI=1S/C20H18Cl2N2O3/c1-26-16-5-4-13(20(25)24-19-14(21)9-23-10-15(19)22)8-18(16)27-17-7-11-2-3-12(17)6-11/h2-5,8-12,17H,6-7H2,1H3,(H,23,24,25). The number of nitrogens with zero attached hydrogens (tertiary/aromatic N) is 1. The van der Waals surface area contributed by atoms with Crippen molar-refractivity contribution in [3.05, 3.63) is 58.4 Å². The maximum atomic E-state index is 12.7. The van der Waals surface area contributed by atoms with Crippen LogP contribution in [-0.4, -0.2) is 24.1 Å². The number of hydrogen-bond acceptors (Lipinski definition) is 4. The molecule has 1 saturated carbocycles. The van der Waals surface area contributed by atoms with Gasteiger partial charge in [-0.15, -0.1) is 0 Å². The van der Waals surface area contributed by atoms with Gasteiger partial charge >= 0.3 is 0 Å². The van der Waals surface area contributed by atoms with Crippen molar-refractivity contribution >= 4 is 34.8 Å². The van der Waals surface area contributed by atoms with Gasteiger partial charge in [0.05, 0.1) is 22.8 Å². The smallest absolute Gasteiger partial charge is 0.255 e. The molecular formula is C20H18Cl2N2O3. The van der Waals surface area contributed by atoms with E-state index in [0.717, 1.165) is 12.8 Å². The van der Waals surface area contributed by atoms with E-state index >= 15 is 0 Å². The van der Waals surface area contributed by atoms with Crippen LogP contribution in [-0.2, 0) is 0 Å². The third-order valence-electron chi connectivity index (χ3n) is 5.01. The lowest BCUT2D eigenvalue weighted by Crippen LogP contribution is -2.22. The first kappa shape index (κ1) is 18.1. The SMILES string of the molecule is COc1ccc(C(=O)Nc2c(Cl)cncc2Cl)cc1OC1CC2C=CC1C2. The maximum absolute atomic E-state index is 12.7. The molecule has 0 radical (unpaired) electrons. The summed E-state index contributed by atoms with van der Waals surface area (Å²) in [4.78, 5) is 16.6. The molecule has 27 heavy (non-hydrogen) atoms. The van der Waals surface area contributed by atoms with Crippen LogP contribution in [0.3, 0.4) is 0 Å². The van der Waals surface area contributed by atoms with Gasteiger partial charge in [0.1, 0.15) is 6.10 Å². The lowest BCUT2D eigenvalue weighted by Gasteiger charge is -2.22. The Morgan fingerprint density at radius 2 is 1.93 bits per heavy atom. The molecule has 1 heterocycles. The Hall–Kier alpha value is -2.24. The molecule has 2 bridgehead atoms.